The Morgan fingerprint density at radius 1 is 1.13 bits per heavy atom. The summed E-state index contributed by atoms with van der Waals surface area (Å²) >= 11 is 0. The van der Waals surface area contributed by atoms with E-state index in [0.29, 0.717) is 12.6 Å². The van der Waals surface area contributed by atoms with E-state index in [4.69, 9.17) is 4.74 Å². The molecule has 3 aromatic rings. The molecule has 0 aliphatic carbocycles. The number of ether oxygens (including phenoxy) is 1. The summed E-state index contributed by atoms with van der Waals surface area (Å²) in [5, 5.41) is 16.5. The van der Waals surface area contributed by atoms with Crippen LogP contribution in [-0.4, -0.2) is 27.7 Å². The van der Waals surface area contributed by atoms with Crippen molar-refractivity contribution in [1.82, 2.24) is 9.78 Å². The molecule has 0 saturated carbocycles. The Bertz CT molecular complexity index is 973. The first kappa shape index (κ1) is 25.2. The SMILES string of the molecule is CC(F)(F)c1cc(OCC(O)Nc2ccc(C(F)(F)F)cc2)n(-c2[c-]cccc2)n1.[U]. The molecule has 1 aromatic heterocycles. The largest absolute Gasteiger partial charge is 0.473 e. The van der Waals surface area contributed by atoms with Crippen LogP contribution >= 0.6 is 0 Å². The summed E-state index contributed by atoms with van der Waals surface area (Å²) in [5.74, 6) is -3.27. The van der Waals surface area contributed by atoms with Gasteiger partial charge in [-0.2, -0.15) is 51.3 Å². The zero-order valence-electron chi connectivity index (χ0n) is 16.1. The van der Waals surface area contributed by atoms with Gasteiger partial charge in [-0.05, 0) is 30.0 Å². The molecule has 0 bridgehead atoms. The van der Waals surface area contributed by atoms with Crippen LogP contribution < -0.4 is 10.1 Å². The van der Waals surface area contributed by atoms with E-state index in [-0.39, 0.29) is 49.3 Å². The van der Waals surface area contributed by atoms with E-state index in [1.54, 1.807) is 24.3 Å². The fraction of sp³-hybridized carbons (Fsp3) is 0.250. The predicted molar refractivity (Wildman–Crippen MR) is 98.5 cm³/mol. The van der Waals surface area contributed by atoms with Crippen molar-refractivity contribution >= 4 is 5.69 Å². The molecule has 31 heavy (non-hydrogen) atoms. The average molecular weight is 664 g/mol. The molecule has 0 aliphatic heterocycles. The first-order valence-corrected chi connectivity index (χ1v) is 8.74. The summed E-state index contributed by atoms with van der Waals surface area (Å²) in [6.45, 7) is 0.313. The molecule has 2 aromatic carbocycles. The molecule has 164 valence electrons. The molecule has 0 saturated heterocycles. The van der Waals surface area contributed by atoms with Gasteiger partial charge in [-0.15, -0.1) is 6.07 Å². The monoisotopic (exact) mass is 664 g/mol. The van der Waals surface area contributed by atoms with E-state index >= 15 is 0 Å². The van der Waals surface area contributed by atoms with Gasteiger partial charge in [0, 0.05) is 49.8 Å². The van der Waals surface area contributed by atoms with Crippen LogP contribution in [0.25, 0.3) is 5.69 Å². The molecule has 0 amide bonds. The topological polar surface area (TPSA) is 59.3 Å². The third-order valence-electron chi connectivity index (χ3n) is 3.98. The van der Waals surface area contributed by atoms with Crippen LogP contribution in [0.5, 0.6) is 5.88 Å². The molecular formula is C20H17F5N3O2U-. The second-order valence-electron chi connectivity index (χ2n) is 6.46. The van der Waals surface area contributed by atoms with Crippen molar-refractivity contribution in [1.29, 1.82) is 0 Å². The number of para-hydroxylation sites is 1. The van der Waals surface area contributed by atoms with Crippen LogP contribution in [0.4, 0.5) is 27.6 Å². The maximum absolute atomic E-state index is 13.7. The van der Waals surface area contributed by atoms with Gasteiger partial charge in [0.15, 0.2) is 6.23 Å². The molecule has 0 aliphatic rings. The Labute approximate surface area is 198 Å². The third kappa shape index (κ3) is 6.69. The number of benzene rings is 2. The van der Waals surface area contributed by atoms with E-state index < -0.39 is 29.6 Å². The summed E-state index contributed by atoms with van der Waals surface area (Å²) < 4.78 is 71.7. The predicted octanol–water partition coefficient (Wildman–Crippen LogP) is 4.61. The van der Waals surface area contributed by atoms with Crippen molar-refractivity contribution in [2.45, 2.75) is 25.3 Å². The molecule has 2 N–H and O–H groups in total. The minimum Gasteiger partial charge on any atom is -0.473 e. The average Bonchev–Trinajstić information content (AvgIpc) is 3.12. The Balaban J connectivity index is 0.00000341. The summed E-state index contributed by atoms with van der Waals surface area (Å²) in [5.41, 5.74) is -0.771. The van der Waals surface area contributed by atoms with Crippen LogP contribution in [0.1, 0.15) is 18.2 Å². The number of nitrogens with one attached hydrogen (secondary N) is 1. The van der Waals surface area contributed by atoms with Crippen molar-refractivity contribution in [2.75, 3.05) is 11.9 Å². The van der Waals surface area contributed by atoms with Crippen molar-refractivity contribution in [2.24, 2.45) is 0 Å². The number of aliphatic hydroxyl groups excluding tert-OH is 1. The van der Waals surface area contributed by atoms with Crippen LogP contribution in [0.2, 0.25) is 0 Å². The van der Waals surface area contributed by atoms with Crippen LogP contribution in [0.15, 0.2) is 54.6 Å². The normalized spacial score (nSPS) is 12.7. The zero-order valence-corrected chi connectivity index (χ0v) is 20.3. The molecule has 1 unspecified atom stereocenters. The van der Waals surface area contributed by atoms with E-state index in [1.807, 2.05) is 0 Å². The van der Waals surface area contributed by atoms with E-state index in [0.717, 1.165) is 35.0 Å². The fourth-order valence-corrected chi connectivity index (χ4v) is 2.52. The van der Waals surface area contributed by atoms with Gasteiger partial charge in [-0.1, -0.05) is 0 Å². The van der Waals surface area contributed by atoms with Crippen LogP contribution in [0, 0.1) is 37.2 Å². The Kier molecular flexibility index (Phi) is 8.14. The molecule has 0 radical (unpaired) electrons. The summed E-state index contributed by atoms with van der Waals surface area (Å²) in [6, 6.07) is 14.5. The van der Waals surface area contributed by atoms with Crippen LogP contribution in [-0.2, 0) is 12.1 Å². The van der Waals surface area contributed by atoms with E-state index in [9.17, 15) is 27.1 Å². The van der Waals surface area contributed by atoms with Gasteiger partial charge in [0.05, 0.1) is 5.56 Å². The fourth-order valence-electron chi connectivity index (χ4n) is 2.52. The maximum Gasteiger partial charge on any atom is 0.416 e. The number of rotatable bonds is 7. The first-order chi connectivity index (χ1) is 14.0. The number of alkyl halides is 5. The van der Waals surface area contributed by atoms with Gasteiger partial charge in [0.1, 0.15) is 12.3 Å². The van der Waals surface area contributed by atoms with Gasteiger partial charge in [-0.3, -0.25) is 0 Å². The van der Waals surface area contributed by atoms with Crippen molar-refractivity contribution in [3.8, 4) is 11.6 Å². The Morgan fingerprint density at radius 2 is 1.81 bits per heavy atom. The maximum atomic E-state index is 13.7. The molecule has 3 rings (SSSR count). The minimum absolute atomic E-state index is 0. The Hall–Kier alpha value is -2.09. The molecule has 1 atom stereocenters. The smallest absolute Gasteiger partial charge is 0.416 e. The quantitative estimate of drug-likeness (QED) is 0.220. The zero-order chi connectivity index (χ0) is 21.9. The van der Waals surface area contributed by atoms with Gasteiger partial charge in [-0.25, -0.2) is 4.68 Å². The van der Waals surface area contributed by atoms with E-state index in [1.165, 1.54) is 0 Å². The molecule has 5 nitrogen and oxygen atoms in total. The van der Waals surface area contributed by atoms with Gasteiger partial charge >= 0.3 is 6.18 Å². The number of aromatic nitrogens is 2. The molecule has 0 spiro atoms. The number of aliphatic hydroxyl groups is 1. The first-order valence-electron chi connectivity index (χ1n) is 8.74. The summed E-state index contributed by atoms with van der Waals surface area (Å²) in [7, 11) is 0. The summed E-state index contributed by atoms with van der Waals surface area (Å²) in [6.07, 6.45) is -5.79. The van der Waals surface area contributed by atoms with Crippen molar-refractivity contribution < 1.29 is 62.9 Å². The van der Waals surface area contributed by atoms with Gasteiger partial charge < -0.3 is 15.2 Å². The summed E-state index contributed by atoms with van der Waals surface area (Å²) in [4.78, 5) is 0. The third-order valence-corrected chi connectivity index (χ3v) is 3.98. The van der Waals surface area contributed by atoms with Crippen LogP contribution in [0.3, 0.4) is 0 Å². The number of anilines is 1. The minimum atomic E-state index is -4.47. The van der Waals surface area contributed by atoms with Gasteiger partial charge in [0.2, 0.25) is 5.88 Å². The standard InChI is InChI=1S/C20H17F5N3O2.U/c1-19(21,22)16-11-18(28(27-16)15-5-3-2-4-6-15)30-12-17(29)26-14-9-7-13(8-10-14)20(23,24)25;/h2-5,7-11,17,26,29H,12H2,1H3;/q-1;. The Morgan fingerprint density at radius 3 is 2.35 bits per heavy atom. The second-order valence-corrected chi connectivity index (χ2v) is 6.46. The van der Waals surface area contributed by atoms with Crippen molar-refractivity contribution in [3.63, 3.8) is 0 Å². The molecule has 0 fully saturated rings. The van der Waals surface area contributed by atoms with E-state index in [2.05, 4.69) is 16.5 Å². The number of halogens is 5. The molecule has 1 heterocycles. The van der Waals surface area contributed by atoms with Crippen molar-refractivity contribution in [3.05, 3.63) is 71.9 Å². The number of hydrogen-bond donors (Lipinski definition) is 2. The molecule has 11 heteroatoms. The molecular weight excluding hydrogens is 647 g/mol. The second kappa shape index (κ2) is 10.0. The number of nitrogens with zero attached hydrogens (tertiary/aromatic N) is 2. The van der Waals surface area contributed by atoms with Gasteiger partial charge in [0.25, 0.3) is 5.92 Å². The number of hydrogen-bond acceptors (Lipinski definition) is 4.